The van der Waals surface area contributed by atoms with E-state index in [9.17, 15) is 0 Å². The van der Waals surface area contributed by atoms with Crippen LogP contribution in [-0.2, 0) is 6.61 Å². The number of benzene rings is 2. The largest absolute Gasteiger partial charge is 0.497 e. The summed E-state index contributed by atoms with van der Waals surface area (Å²) in [6, 6.07) is 14.5. The molecule has 8 heteroatoms. The van der Waals surface area contributed by atoms with Gasteiger partial charge in [-0.1, -0.05) is 23.7 Å². The molecule has 0 unspecified atom stereocenters. The number of ether oxygens (including phenoxy) is 2. The minimum atomic E-state index is 0.102. The zero-order valence-electron chi connectivity index (χ0n) is 13.4. The van der Waals surface area contributed by atoms with Gasteiger partial charge < -0.3 is 20.5 Å². The van der Waals surface area contributed by atoms with Gasteiger partial charge in [0.1, 0.15) is 18.1 Å². The topological polar surface area (TPSA) is 95.2 Å². The highest BCUT2D eigenvalue weighted by atomic mass is 35.5. The maximum absolute atomic E-state index is 5.93. The lowest BCUT2D eigenvalue weighted by Gasteiger charge is -2.09. The van der Waals surface area contributed by atoms with Crippen molar-refractivity contribution in [3.05, 3.63) is 59.4 Å². The average molecular weight is 358 g/mol. The third-order valence-corrected chi connectivity index (χ3v) is 3.42. The van der Waals surface area contributed by atoms with Gasteiger partial charge in [-0.2, -0.15) is 15.0 Å². The van der Waals surface area contributed by atoms with Crippen molar-refractivity contribution in [3.8, 4) is 11.5 Å². The van der Waals surface area contributed by atoms with Gasteiger partial charge in [-0.25, -0.2) is 0 Å². The van der Waals surface area contributed by atoms with Gasteiger partial charge in [-0.05, 0) is 30.3 Å². The first-order chi connectivity index (χ1) is 12.1. The normalized spacial score (nSPS) is 10.3. The number of methoxy groups -OCH3 is 1. The van der Waals surface area contributed by atoms with E-state index in [0.29, 0.717) is 22.5 Å². The Morgan fingerprint density at radius 2 is 1.84 bits per heavy atom. The molecular weight excluding hydrogens is 342 g/mol. The molecule has 1 aromatic heterocycles. The number of aromatic nitrogens is 3. The van der Waals surface area contributed by atoms with Crippen molar-refractivity contribution in [3.63, 3.8) is 0 Å². The van der Waals surface area contributed by atoms with Crippen LogP contribution in [0, 0.1) is 0 Å². The van der Waals surface area contributed by atoms with Crippen molar-refractivity contribution >= 4 is 29.2 Å². The summed E-state index contributed by atoms with van der Waals surface area (Å²) in [6.45, 7) is 0.139. The van der Waals surface area contributed by atoms with Crippen LogP contribution in [0.3, 0.4) is 0 Å². The third kappa shape index (κ3) is 4.71. The highest BCUT2D eigenvalue weighted by molar-refractivity contribution is 6.30. The molecular formula is C17H16ClN5O2. The first kappa shape index (κ1) is 16.8. The van der Waals surface area contributed by atoms with Crippen molar-refractivity contribution in [1.82, 2.24) is 15.0 Å². The second-order valence-corrected chi connectivity index (χ2v) is 5.47. The highest BCUT2D eigenvalue weighted by Gasteiger charge is 2.07. The summed E-state index contributed by atoms with van der Waals surface area (Å²) in [6.07, 6.45) is 0. The van der Waals surface area contributed by atoms with Crippen LogP contribution in [0.2, 0.25) is 5.02 Å². The molecule has 128 valence electrons. The van der Waals surface area contributed by atoms with Crippen LogP contribution in [0.25, 0.3) is 0 Å². The number of nitrogens with zero attached hydrogens (tertiary/aromatic N) is 3. The zero-order valence-corrected chi connectivity index (χ0v) is 14.2. The number of nitrogens with one attached hydrogen (secondary N) is 1. The van der Waals surface area contributed by atoms with Gasteiger partial charge in [0, 0.05) is 16.8 Å². The summed E-state index contributed by atoms with van der Waals surface area (Å²) in [7, 11) is 1.60. The fourth-order valence-electron chi connectivity index (χ4n) is 2.09. The summed E-state index contributed by atoms with van der Waals surface area (Å²) in [5, 5.41) is 3.66. The molecule has 2 aromatic carbocycles. The molecule has 0 bridgehead atoms. The SMILES string of the molecule is COc1cccc(Nc2nc(N)nc(COc3cccc(Cl)c3)n2)c1. The molecule has 7 nitrogen and oxygen atoms in total. The van der Waals surface area contributed by atoms with Crippen molar-refractivity contribution in [1.29, 1.82) is 0 Å². The van der Waals surface area contributed by atoms with E-state index >= 15 is 0 Å². The summed E-state index contributed by atoms with van der Waals surface area (Å²) in [4.78, 5) is 12.5. The van der Waals surface area contributed by atoms with Crippen LogP contribution in [0.5, 0.6) is 11.5 Å². The predicted molar refractivity (Wildman–Crippen MR) is 96.3 cm³/mol. The molecule has 3 rings (SSSR count). The standard InChI is InChI=1S/C17H16ClN5O2/c1-24-13-6-3-5-12(9-13)20-17-22-15(21-16(19)23-17)10-25-14-7-2-4-11(18)8-14/h2-9H,10H2,1H3,(H3,19,20,21,22,23). The number of hydrogen-bond donors (Lipinski definition) is 2. The third-order valence-electron chi connectivity index (χ3n) is 3.19. The number of anilines is 3. The molecule has 0 amide bonds. The Balaban J connectivity index is 1.73. The Hall–Kier alpha value is -3.06. The Morgan fingerprint density at radius 1 is 1.04 bits per heavy atom. The summed E-state index contributed by atoms with van der Waals surface area (Å²) in [5.74, 6) is 2.17. The predicted octanol–water partition coefficient (Wildman–Crippen LogP) is 3.44. The number of nitrogen functional groups attached to an aromatic ring is 1. The Kier molecular flexibility index (Phi) is 5.15. The Bertz CT molecular complexity index is 875. The molecule has 0 saturated heterocycles. The molecule has 0 spiro atoms. The molecule has 3 aromatic rings. The second kappa shape index (κ2) is 7.67. The Labute approximate surface area is 149 Å². The van der Waals surface area contributed by atoms with Gasteiger partial charge >= 0.3 is 0 Å². The van der Waals surface area contributed by atoms with Gasteiger partial charge in [0.25, 0.3) is 0 Å². The van der Waals surface area contributed by atoms with E-state index in [1.54, 1.807) is 31.4 Å². The molecule has 3 N–H and O–H groups in total. The van der Waals surface area contributed by atoms with Gasteiger partial charge in [0.05, 0.1) is 7.11 Å². The molecule has 0 aliphatic rings. The fraction of sp³-hybridized carbons (Fsp3) is 0.118. The second-order valence-electron chi connectivity index (χ2n) is 5.04. The van der Waals surface area contributed by atoms with E-state index in [0.717, 1.165) is 11.4 Å². The van der Waals surface area contributed by atoms with Crippen molar-refractivity contribution < 1.29 is 9.47 Å². The van der Waals surface area contributed by atoms with E-state index in [1.807, 2.05) is 24.3 Å². The van der Waals surface area contributed by atoms with Gasteiger partial charge in [0.2, 0.25) is 11.9 Å². The molecule has 0 fully saturated rings. The highest BCUT2D eigenvalue weighted by Crippen LogP contribution is 2.20. The van der Waals surface area contributed by atoms with E-state index in [4.69, 9.17) is 26.8 Å². The maximum Gasteiger partial charge on any atom is 0.232 e. The van der Waals surface area contributed by atoms with Crippen LogP contribution in [0.1, 0.15) is 5.82 Å². The molecule has 25 heavy (non-hydrogen) atoms. The van der Waals surface area contributed by atoms with Crippen molar-refractivity contribution in [2.75, 3.05) is 18.2 Å². The number of hydrogen-bond acceptors (Lipinski definition) is 7. The lowest BCUT2D eigenvalue weighted by Crippen LogP contribution is -2.09. The lowest BCUT2D eigenvalue weighted by molar-refractivity contribution is 0.296. The number of nitrogens with two attached hydrogens (primary N) is 1. The van der Waals surface area contributed by atoms with E-state index < -0.39 is 0 Å². The van der Waals surface area contributed by atoms with Gasteiger partial charge in [-0.15, -0.1) is 0 Å². The van der Waals surface area contributed by atoms with E-state index in [1.165, 1.54) is 0 Å². The van der Waals surface area contributed by atoms with Crippen LogP contribution < -0.4 is 20.5 Å². The van der Waals surface area contributed by atoms with E-state index in [-0.39, 0.29) is 12.6 Å². The molecule has 0 saturated carbocycles. The van der Waals surface area contributed by atoms with Crippen molar-refractivity contribution in [2.45, 2.75) is 6.61 Å². The monoisotopic (exact) mass is 357 g/mol. The molecule has 0 aliphatic heterocycles. The average Bonchev–Trinajstić information content (AvgIpc) is 2.60. The van der Waals surface area contributed by atoms with Gasteiger partial charge in [0.15, 0.2) is 5.82 Å². The zero-order chi connectivity index (χ0) is 17.6. The molecule has 1 heterocycles. The quantitative estimate of drug-likeness (QED) is 0.697. The molecule has 0 atom stereocenters. The van der Waals surface area contributed by atoms with Crippen LogP contribution in [-0.4, -0.2) is 22.1 Å². The number of halogens is 1. The Morgan fingerprint density at radius 3 is 2.64 bits per heavy atom. The number of rotatable bonds is 6. The minimum absolute atomic E-state index is 0.102. The van der Waals surface area contributed by atoms with Crippen molar-refractivity contribution in [2.24, 2.45) is 0 Å². The molecule has 0 radical (unpaired) electrons. The molecule has 0 aliphatic carbocycles. The summed E-state index contributed by atoms with van der Waals surface area (Å²) in [5.41, 5.74) is 6.53. The fourth-order valence-corrected chi connectivity index (χ4v) is 2.27. The van der Waals surface area contributed by atoms with Gasteiger partial charge in [-0.3, -0.25) is 0 Å². The van der Waals surface area contributed by atoms with E-state index in [2.05, 4.69) is 20.3 Å². The summed E-state index contributed by atoms with van der Waals surface area (Å²) < 4.78 is 10.8. The minimum Gasteiger partial charge on any atom is -0.497 e. The van der Waals surface area contributed by atoms with Crippen LogP contribution in [0.15, 0.2) is 48.5 Å². The summed E-state index contributed by atoms with van der Waals surface area (Å²) >= 11 is 5.93. The smallest absolute Gasteiger partial charge is 0.232 e. The van der Waals surface area contributed by atoms with Crippen LogP contribution in [0.4, 0.5) is 17.6 Å². The van der Waals surface area contributed by atoms with Crippen LogP contribution >= 0.6 is 11.6 Å². The maximum atomic E-state index is 5.93. The lowest BCUT2D eigenvalue weighted by atomic mass is 10.3. The first-order valence-electron chi connectivity index (χ1n) is 7.42. The first-order valence-corrected chi connectivity index (χ1v) is 7.80.